The third-order valence-electron chi connectivity index (χ3n) is 1.95. The van der Waals surface area contributed by atoms with E-state index in [1.54, 1.807) is 0 Å². The number of halogens is 7. The van der Waals surface area contributed by atoms with E-state index < -0.39 is 23.6 Å². The molecule has 0 amide bonds. The Hall–Kier alpha value is -1.29. The first kappa shape index (κ1) is 17.7. The summed E-state index contributed by atoms with van der Waals surface area (Å²) in [5, 5.41) is 14.0. The van der Waals surface area contributed by atoms with Crippen molar-refractivity contribution in [2.45, 2.75) is 18.0 Å². The maximum Gasteiger partial charge on any atom is 0.482 e. The second-order valence-corrected chi connectivity index (χ2v) is 3.14. The Morgan fingerprint density at radius 3 is 1.32 bits per heavy atom. The molecule has 10 heteroatoms. The van der Waals surface area contributed by atoms with E-state index in [2.05, 4.69) is 0 Å². The molecular weight excluding hydrogens is 284 g/mol. The van der Waals surface area contributed by atoms with Crippen molar-refractivity contribution in [3.8, 4) is 0 Å². The number of hydrogen-bond acceptors (Lipinski definition) is 2. The smallest absolute Gasteiger partial charge is 0.429 e. The average molecular weight is 291 g/mol. The Morgan fingerprint density at radius 2 is 1.05 bits per heavy atom. The highest BCUT2D eigenvalue weighted by atomic mass is 19.4. The minimum atomic E-state index is -6.05. The van der Waals surface area contributed by atoms with E-state index in [9.17, 15) is 30.7 Å². The predicted octanol–water partition coefficient (Wildman–Crippen LogP) is 2.48. The van der Waals surface area contributed by atoms with Gasteiger partial charge in [0.05, 0.1) is 0 Å². The second-order valence-electron chi connectivity index (χ2n) is 3.14. The maximum atomic E-state index is 13.3. The lowest BCUT2D eigenvalue weighted by Gasteiger charge is -2.30. The Kier molecular flexibility index (Phi) is 5.82. The standard InChI is InChI=1S/C9H5F7.BH2O2/c10-7(8(11,12)13,9(14,15)16)6-4-2-1-3-5-6;2-1-3/h1-5H;2-3H. The lowest BCUT2D eigenvalue weighted by atomic mass is 9.94. The monoisotopic (exact) mass is 291 g/mol. The molecule has 0 aromatic heterocycles. The fourth-order valence-electron chi connectivity index (χ4n) is 1.16. The SMILES string of the molecule is FC(F)(F)C(F)(c1ccccc1)C(F)(F)F.O[B]O. The Bertz CT molecular complexity index is 362. The largest absolute Gasteiger partial charge is 0.482 e. The molecule has 0 saturated carbocycles. The van der Waals surface area contributed by atoms with Crippen LogP contribution in [0.25, 0.3) is 0 Å². The summed E-state index contributed by atoms with van der Waals surface area (Å²) in [5.74, 6) is 0. The van der Waals surface area contributed by atoms with Crippen LogP contribution in [0.4, 0.5) is 30.7 Å². The molecule has 1 aromatic rings. The predicted molar refractivity (Wildman–Crippen MR) is 51.5 cm³/mol. The van der Waals surface area contributed by atoms with Gasteiger partial charge in [0.15, 0.2) is 0 Å². The highest BCUT2D eigenvalue weighted by Gasteiger charge is 2.73. The zero-order chi connectivity index (χ0) is 15.3. The fourth-order valence-corrected chi connectivity index (χ4v) is 1.16. The number of benzene rings is 1. The minimum Gasteiger partial charge on any atom is -0.429 e. The van der Waals surface area contributed by atoms with Crippen molar-refractivity contribution in [2.75, 3.05) is 0 Å². The van der Waals surface area contributed by atoms with Gasteiger partial charge in [0.1, 0.15) is 0 Å². The van der Waals surface area contributed by atoms with E-state index in [1.807, 2.05) is 0 Å². The summed E-state index contributed by atoms with van der Waals surface area (Å²) in [6, 6.07) is 3.89. The molecule has 2 N–H and O–H groups in total. The van der Waals surface area contributed by atoms with Crippen molar-refractivity contribution in [1.82, 2.24) is 0 Å². The molecule has 0 aliphatic carbocycles. The average Bonchev–Trinajstić information content (AvgIpc) is 2.27. The summed E-state index contributed by atoms with van der Waals surface area (Å²) in [6.07, 6.45) is -12.1. The van der Waals surface area contributed by atoms with Crippen LogP contribution in [0.2, 0.25) is 0 Å². The molecule has 0 spiro atoms. The Balaban J connectivity index is 0.000000982. The topological polar surface area (TPSA) is 40.5 Å². The quantitative estimate of drug-likeness (QED) is 0.616. The summed E-state index contributed by atoms with van der Waals surface area (Å²) in [6.45, 7) is 0. The van der Waals surface area contributed by atoms with Crippen molar-refractivity contribution in [1.29, 1.82) is 0 Å². The van der Waals surface area contributed by atoms with Crippen molar-refractivity contribution in [2.24, 2.45) is 0 Å². The highest BCUT2D eigenvalue weighted by molar-refractivity contribution is 6.13. The molecule has 1 aromatic carbocycles. The van der Waals surface area contributed by atoms with Crippen LogP contribution in [0.1, 0.15) is 5.56 Å². The Labute approximate surface area is 103 Å². The summed E-state index contributed by atoms with van der Waals surface area (Å²) < 4.78 is 86.4. The number of rotatable bonds is 1. The summed E-state index contributed by atoms with van der Waals surface area (Å²) in [7, 11) is 0. The molecule has 1 radical (unpaired) electrons. The zero-order valence-electron chi connectivity index (χ0n) is 9.00. The zero-order valence-corrected chi connectivity index (χ0v) is 9.00. The van der Waals surface area contributed by atoms with Crippen LogP contribution in [0.5, 0.6) is 0 Å². The van der Waals surface area contributed by atoms with Gasteiger partial charge < -0.3 is 10.0 Å². The summed E-state index contributed by atoms with van der Waals surface area (Å²) >= 11 is 0. The molecule has 0 unspecified atom stereocenters. The van der Waals surface area contributed by atoms with Gasteiger partial charge in [-0.15, -0.1) is 0 Å². The third kappa shape index (κ3) is 3.84. The van der Waals surface area contributed by atoms with Gasteiger partial charge in [-0.25, -0.2) is 4.39 Å². The lowest BCUT2D eigenvalue weighted by molar-refractivity contribution is -0.348. The van der Waals surface area contributed by atoms with Crippen LogP contribution in [0.3, 0.4) is 0 Å². The van der Waals surface area contributed by atoms with Crippen molar-refractivity contribution in [3.63, 3.8) is 0 Å². The van der Waals surface area contributed by atoms with Gasteiger partial charge in [0, 0.05) is 5.56 Å². The minimum absolute atomic E-state index is 0. The number of hydrogen-bond donors (Lipinski definition) is 2. The molecule has 2 nitrogen and oxygen atoms in total. The van der Waals surface area contributed by atoms with Gasteiger partial charge in [0.25, 0.3) is 0 Å². The summed E-state index contributed by atoms with van der Waals surface area (Å²) in [4.78, 5) is 0. The molecule has 107 valence electrons. The van der Waals surface area contributed by atoms with Crippen molar-refractivity contribution >= 4 is 7.69 Å². The van der Waals surface area contributed by atoms with Gasteiger partial charge in [-0.05, 0) is 0 Å². The van der Waals surface area contributed by atoms with Crippen molar-refractivity contribution < 1.29 is 40.8 Å². The first-order valence-electron chi connectivity index (χ1n) is 4.50. The molecule has 19 heavy (non-hydrogen) atoms. The molecule has 1 rings (SSSR count). The van der Waals surface area contributed by atoms with E-state index >= 15 is 0 Å². The van der Waals surface area contributed by atoms with Crippen LogP contribution in [-0.2, 0) is 5.67 Å². The van der Waals surface area contributed by atoms with E-state index in [0.717, 1.165) is 12.1 Å². The molecule has 0 atom stereocenters. The first-order chi connectivity index (χ1) is 8.52. The third-order valence-corrected chi connectivity index (χ3v) is 1.95. The van der Waals surface area contributed by atoms with Crippen LogP contribution in [-0.4, -0.2) is 30.1 Å². The fraction of sp³-hybridized carbons (Fsp3) is 0.333. The Morgan fingerprint density at radius 1 is 0.737 bits per heavy atom. The molecule has 0 aliphatic rings. The molecular formula is C9H7BF7O2. The van der Waals surface area contributed by atoms with E-state index in [-0.39, 0.29) is 7.69 Å². The van der Waals surface area contributed by atoms with Gasteiger partial charge in [-0.2, -0.15) is 26.3 Å². The van der Waals surface area contributed by atoms with Crippen LogP contribution >= 0.6 is 0 Å². The summed E-state index contributed by atoms with van der Waals surface area (Å²) in [5.41, 5.74) is -6.81. The van der Waals surface area contributed by atoms with E-state index in [4.69, 9.17) is 10.0 Å². The maximum absolute atomic E-state index is 13.3. The molecule has 0 saturated heterocycles. The molecule has 0 bridgehead atoms. The van der Waals surface area contributed by atoms with Gasteiger partial charge in [-0.1, -0.05) is 30.3 Å². The van der Waals surface area contributed by atoms with Crippen LogP contribution in [0.15, 0.2) is 30.3 Å². The van der Waals surface area contributed by atoms with Crippen molar-refractivity contribution in [3.05, 3.63) is 35.9 Å². The highest BCUT2D eigenvalue weighted by Crippen LogP contribution is 2.52. The first-order valence-corrected chi connectivity index (χ1v) is 4.50. The van der Waals surface area contributed by atoms with Crippen LogP contribution < -0.4 is 0 Å². The van der Waals surface area contributed by atoms with Gasteiger partial charge in [-0.3, -0.25) is 0 Å². The van der Waals surface area contributed by atoms with E-state index in [1.165, 1.54) is 6.07 Å². The molecule has 0 fully saturated rings. The molecule has 0 aliphatic heterocycles. The second kappa shape index (κ2) is 6.24. The van der Waals surface area contributed by atoms with E-state index in [0.29, 0.717) is 12.1 Å². The molecule has 0 heterocycles. The van der Waals surface area contributed by atoms with Gasteiger partial charge >= 0.3 is 25.7 Å². The van der Waals surface area contributed by atoms with Crippen LogP contribution in [0, 0.1) is 0 Å². The lowest BCUT2D eigenvalue weighted by Crippen LogP contribution is -2.50. The number of alkyl halides is 7. The normalized spacial score (nSPS) is 12.5. The van der Waals surface area contributed by atoms with Gasteiger partial charge in [0.2, 0.25) is 0 Å².